The fraction of sp³-hybridized carbons (Fsp3) is 0.500. The Labute approximate surface area is 105 Å². The van der Waals surface area contributed by atoms with Crippen molar-refractivity contribution in [2.45, 2.75) is 25.7 Å². The lowest BCUT2D eigenvalue weighted by Gasteiger charge is -2.19. The summed E-state index contributed by atoms with van der Waals surface area (Å²) in [7, 11) is 0. The van der Waals surface area contributed by atoms with Crippen molar-refractivity contribution in [3.63, 3.8) is 0 Å². The molecule has 1 saturated heterocycles. The van der Waals surface area contributed by atoms with Crippen LogP contribution in [0.3, 0.4) is 0 Å². The van der Waals surface area contributed by atoms with Crippen molar-refractivity contribution in [1.29, 1.82) is 0 Å². The quantitative estimate of drug-likeness (QED) is 0.851. The number of hydrogen-bond donors (Lipinski definition) is 1. The normalized spacial score (nSPS) is 16.1. The molecule has 2 heterocycles. The molecule has 0 spiro atoms. The van der Waals surface area contributed by atoms with Crippen molar-refractivity contribution in [2.75, 3.05) is 13.1 Å². The zero-order valence-electron chi connectivity index (χ0n) is 10.0. The van der Waals surface area contributed by atoms with E-state index in [0.717, 1.165) is 31.9 Å². The predicted octanol–water partition coefficient (Wildman–Crippen LogP) is 1.19. The van der Waals surface area contributed by atoms with Crippen LogP contribution >= 0.6 is 0 Å². The number of carboxylic acids is 1. The molecule has 0 saturated carbocycles. The lowest BCUT2D eigenvalue weighted by atomic mass is 10.2. The van der Waals surface area contributed by atoms with E-state index in [4.69, 9.17) is 5.11 Å². The molecule has 1 N–H and O–H groups in total. The van der Waals surface area contributed by atoms with E-state index >= 15 is 0 Å². The number of aromatic nitrogens is 2. The molecule has 96 valence electrons. The van der Waals surface area contributed by atoms with Gasteiger partial charge in [0.15, 0.2) is 5.69 Å². The summed E-state index contributed by atoms with van der Waals surface area (Å²) in [6.45, 7) is 1.41. The van der Waals surface area contributed by atoms with Gasteiger partial charge in [0.1, 0.15) is 5.69 Å². The van der Waals surface area contributed by atoms with E-state index in [1.165, 1.54) is 6.20 Å². The maximum Gasteiger partial charge on any atom is 0.356 e. The molecule has 1 aromatic rings. The predicted molar refractivity (Wildman–Crippen MR) is 63.4 cm³/mol. The van der Waals surface area contributed by atoms with Crippen LogP contribution in [0.25, 0.3) is 0 Å². The van der Waals surface area contributed by atoms with Gasteiger partial charge in [-0.05, 0) is 12.8 Å². The van der Waals surface area contributed by atoms with Crippen molar-refractivity contribution >= 4 is 11.9 Å². The van der Waals surface area contributed by atoms with Gasteiger partial charge in [0.05, 0.1) is 12.4 Å². The van der Waals surface area contributed by atoms with Crippen LogP contribution in [-0.2, 0) is 0 Å². The van der Waals surface area contributed by atoms with Gasteiger partial charge in [-0.25, -0.2) is 9.78 Å². The molecule has 0 aromatic carbocycles. The van der Waals surface area contributed by atoms with E-state index < -0.39 is 5.97 Å². The van der Waals surface area contributed by atoms with Crippen LogP contribution < -0.4 is 0 Å². The average Bonchev–Trinajstić information content (AvgIpc) is 2.67. The molecular formula is C12H15N3O3. The second-order valence-corrected chi connectivity index (χ2v) is 4.30. The summed E-state index contributed by atoms with van der Waals surface area (Å²) in [5.74, 6) is -1.40. The molecule has 0 atom stereocenters. The third kappa shape index (κ3) is 2.82. The third-order valence-electron chi connectivity index (χ3n) is 2.97. The SMILES string of the molecule is O=C(O)c1cncc(C(=O)N2CCCCCC2)n1. The van der Waals surface area contributed by atoms with E-state index in [0.29, 0.717) is 13.1 Å². The summed E-state index contributed by atoms with van der Waals surface area (Å²) in [5, 5.41) is 8.82. The summed E-state index contributed by atoms with van der Waals surface area (Å²) in [4.78, 5) is 32.2. The van der Waals surface area contributed by atoms with Gasteiger partial charge < -0.3 is 10.0 Å². The fourth-order valence-corrected chi connectivity index (χ4v) is 2.01. The standard InChI is InChI=1S/C12H15N3O3/c16-11(15-5-3-1-2-4-6-15)9-7-13-8-10(14-9)12(17)18/h7-8H,1-6H2,(H,17,18). The maximum atomic E-state index is 12.2. The van der Waals surface area contributed by atoms with Crippen molar-refractivity contribution in [3.8, 4) is 0 Å². The first-order chi connectivity index (χ1) is 8.68. The van der Waals surface area contributed by atoms with E-state index in [-0.39, 0.29) is 17.3 Å². The Morgan fingerprint density at radius 1 is 1.06 bits per heavy atom. The summed E-state index contributed by atoms with van der Waals surface area (Å²) in [6.07, 6.45) is 6.69. The number of hydrogen-bond acceptors (Lipinski definition) is 4. The number of carbonyl (C=O) groups is 2. The highest BCUT2D eigenvalue weighted by molar-refractivity contribution is 5.93. The number of likely N-dealkylation sites (tertiary alicyclic amines) is 1. The highest BCUT2D eigenvalue weighted by Gasteiger charge is 2.19. The summed E-state index contributed by atoms with van der Waals surface area (Å²) in [5.41, 5.74) is -0.0903. The molecule has 1 amide bonds. The Bertz CT molecular complexity index is 454. The minimum Gasteiger partial charge on any atom is -0.476 e. The number of amides is 1. The van der Waals surface area contributed by atoms with E-state index in [9.17, 15) is 9.59 Å². The van der Waals surface area contributed by atoms with Crippen LogP contribution in [0.15, 0.2) is 12.4 Å². The Kier molecular flexibility index (Phi) is 3.86. The molecule has 0 aliphatic carbocycles. The molecule has 1 aliphatic heterocycles. The van der Waals surface area contributed by atoms with Gasteiger partial charge in [-0.1, -0.05) is 12.8 Å². The summed E-state index contributed by atoms with van der Waals surface area (Å²) >= 11 is 0. The second-order valence-electron chi connectivity index (χ2n) is 4.30. The molecule has 0 unspecified atom stereocenters. The van der Waals surface area contributed by atoms with Crippen molar-refractivity contribution < 1.29 is 14.7 Å². The van der Waals surface area contributed by atoms with Gasteiger partial charge >= 0.3 is 5.97 Å². The Hall–Kier alpha value is -1.98. The van der Waals surface area contributed by atoms with Crippen LogP contribution in [0.5, 0.6) is 0 Å². The van der Waals surface area contributed by atoms with Gasteiger partial charge in [0, 0.05) is 13.1 Å². The highest BCUT2D eigenvalue weighted by Crippen LogP contribution is 2.12. The lowest BCUT2D eigenvalue weighted by molar-refractivity contribution is 0.0689. The van der Waals surface area contributed by atoms with Crippen LogP contribution in [0.4, 0.5) is 0 Å². The first-order valence-corrected chi connectivity index (χ1v) is 6.03. The molecule has 1 aliphatic rings. The van der Waals surface area contributed by atoms with Crippen LogP contribution in [-0.4, -0.2) is 44.9 Å². The third-order valence-corrected chi connectivity index (χ3v) is 2.97. The average molecular weight is 249 g/mol. The number of rotatable bonds is 2. The van der Waals surface area contributed by atoms with Gasteiger partial charge in [0.25, 0.3) is 5.91 Å². The largest absolute Gasteiger partial charge is 0.476 e. The smallest absolute Gasteiger partial charge is 0.356 e. The van der Waals surface area contributed by atoms with Gasteiger partial charge in [-0.2, -0.15) is 0 Å². The molecule has 1 fully saturated rings. The fourth-order valence-electron chi connectivity index (χ4n) is 2.01. The van der Waals surface area contributed by atoms with Gasteiger partial charge in [0.2, 0.25) is 0 Å². The first kappa shape index (κ1) is 12.5. The topological polar surface area (TPSA) is 83.4 Å². The van der Waals surface area contributed by atoms with Crippen molar-refractivity contribution in [3.05, 3.63) is 23.8 Å². The summed E-state index contributed by atoms with van der Waals surface area (Å²) in [6, 6.07) is 0. The monoisotopic (exact) mass is 249 g/mol. The molecule has 6 nitrogen and oxygen atoms in total. The molecular weight excluding hydrogens is 234 g/mol. The van der Waals surface area contributed by atoms with E-state index in [2.05, 4.69) is 9.97 Å². The molecule has 0 bridgehead atoms. The number of carbonyl (C=O) groups excluding carboxylic acids is 1. The number of nitrogens with zero attached hydrogens (tertiary/aromatic N) is 3. The zero-order valence-corrected chi connectivity index (χ0v) is 10.0. The van der Waals surface area contributed by atoms with Gasteiger partial charge in [-0.3, -0.25) is 9.78 Å². The maximum absolute atomic E-state index is 12.2. The molecule has 18 heavy (non-hydrogen) atoms. The Morgan fingerprint density at radius 2 is 1.67 bits per heavy atom. The summed E-state index contributed by atoms with van der Waals surface area (Å²) < 4.78 is 0. The molecule has 0 radical (unpaired) electrons. The molecule has 6 heteroatoms. The van der Waals surface area contributed by atoms with Crippen LogP contribution in [0, 0.1) is 0 Å². The molecule has 2 rings (SSSR count). The van der Waals surface area contributed by atoms with Crippen molar-refractivity contribution in [1.82, 2.24) is 14.9 Å². The lowest BCUT2D eigenvalue weighted by Crippen LogP contribution is -2.32. The first-order valence-electron chi connectivity index (χ1n) is 6.03. The van der Waals surface area contributed by atoms with Gasteiger partial charge in [-0.15, -0.1) is 0 Å². The Balaban J connectivity index is 2.16. The van der Waals surface area contributed by atoms with Crippen LogP contribution in [0.1, 0.15) is 46.7 Å². The van der Waals surface area contributed by atoms with E-state index in [1.54, 1.807) is 4.90 Å². The minimum atomic E-state index is -1.17. The minimum absolute atomic E-state index is 0.108. The van der Waals surface area contributed by atoms with E-state index in [1.807, 2.05) is 0 Å². The van der Waals surface area contributed by atoms with Crippen LogP contribution in [0.2, 0.25) is 0 Å². The second kappa shape index (κ2) is 5.57. The Morgan fingerprint density at radius 3 is 2.28 bits per heavy atom. The number of aromatic carboxylic acids is 1. The highest BCUT2D eigenvalue weighted by atomic mass is 16.4. The number of carboxylic acid groups (broad SMARTS) is 1. The molecule has 1 aromatic heterocycles. The van der Waals surface area contributed by atoms with Crippen molar-refractivity contribution in [2.24, 2.45) is 0 Å². The zero-order chi connectivity index (χ0) is 13.0.